The molecular formula is C12H17BrN2O. The molecule has 1 aromatic carbocycles. The van der Waals surface area contributed by atoms with Gasteiger partial charge in [-0.05, 0) is 38.0 Å². The zero-order valence-corrected chi connectivity index (χ0v) is 11.0. The fourth-order valence-electron chi connectivity index (χ4n) is 1.99. The minimum atomic E-state index is -0.00678. The predicted octanol–water partition coefficient (Wildman–Crippen LogP) is 3.01. The van der Waals surface area contributed by atoms with E-state index in [2.05, 4.69) is 28.2 Å². The molecule has 4 heteroatoms. The van der Waals surface area contributed by atoms with E-state index in [0.717, 1.165) is 41.9 Å². The number of hydrogen-bond acceptors (Lipinski definition) is 3. The lowest BCUT2D eigenvalue weighted by Crippen LogP contribution is -2.43. The zero-order chi connectivity index (χ0) is 11.6. The second-order valence-electron chi connectivity index (χ2n) is 4.57. The molecule has 1 heterocycles. The molecule has 0 bridgehead atoms. The fraction of sp³-hybridized carbons (Fsp3) is 0.500. The van der Waals surface area contributed by atoms with Gasteiger partial charge in [0.15, 0.2) is 0 Å². The summed E-state index contributed by atoms with van der Waals surface area (Å²) in [6.45, 7) is 3.77. The number of rotatable bonds is 2. The van der Waals surface area contributed by atoms with Crippen molar-refractivity contribution in [3.05, 3.63) is 22.7 Å². The van der Waals surface area contributed by atoms with E-state index in [-0.39, 0.29) is 5.54 Å². The van der Waals surface area contributed by atoms with Crippen LogP contribution in [0.5, 0.6) is 0 Å². The van der Waals surface area contributed by atoms with E-state index < -0.39 is 0 Å². The van der Waals surface area contributed by atoms with Crippen LogP contribution in [0.15, 0.2) is 22.7 Å². The van der Waals surface area contributed by atoms with Gasteiger partial charge in [0.05, 0.1) is 23.5 Å². The Labute approximate surface area is 104 Å². The predicted molar refractivity (Wildman–Crippen MR) is 70.6 cm³/mol. The van der Waals surface area contributed by atoms with Gasteiger partial charge in [-0.15, -0.1) is 0 Å². The number of nitrogen functional groups attached to an aromatic ring is 1. The van der Waals surface area contributed by atoms with Crippen LogP contribution >= 0.6 is 15.9 Å². The van der Waals surface area contributed by atoms with Gasteiger partial charge >= 0.3 is 0 Å². The maximum Gasteiger partial charge on any atom is 0.0693 e. The first-order chi connectivity index (χ1) is 7.59. The number of anilines is 2. The number of benzene rings is 1. The van der Waals surface area contributed by atoms with Crippen LogP contribution in [0.4, 0.5) is 11.4 Å². The van der Waals surface area contributed by atoms with Gasteiger partial charge in [-0.25, -0.2) is 0 Å². The van der Waals surface area contributed by atoms with Crippen LogP contribution in [-0.2, 0) is 4.74 Å². The molecule has 1 aromatic rings. The van der Waals surface area contributed by atoms with Gasteiger partial charge in [-0.3, -0.25) is 0 Å². The molecule has 2 rings (SSSR count). The molecule has 0 amide bonds. The average molecular weight is 285 g/mol. The van der Waals surface area contributed by atoms with E-state index in [1.807, 2.05) is 18.2 Å². The van der Waals surface area contributed by atoms with Crippen molar-refractivity contribution >= 4 is 27.3 Å². The van der Waals surface area contributed by atoms with Crippen molar-refractivity contribution in [2.45, 2.75) is 25.3 Å². The Morgan fingerprint density at radius 3 is 3.00 bits per heavy atom. The minimum Gasteiger partial charge on any atom is -0.397 e. The van der Waals surface area contributed by atoms with E-state index in [1.54, 1.807) is 0 Å². The molecular weight excluding hydrogens is 268 g/mol. The lowest BCUT2D eigenvalue weighted by molar-refractivity contribution is 0.0540. The molecule has 1 aliphatic heterocycles. The molecule has 1 fully saturated rings. The SMILES string of the molecule is CC1(Nc2cc(Br)ccc2N)CCCOC1. The Morgan fingerprint density at radius 1 is 1.50 bits per heavy atom. The van der Waals surface area contributed by atoms with Gasteiger partial charge in [0.1, 0.15) is 0 Å². The van der Waals surface area contributed by atoms with Gasteiger partial charge in [0, 0.05) is 11.1 Å². The summed E-state index contributed by atoms with van der Waals surface area (Å²) >= 11 is 3.45. The molecule has 0 aromatic heterocycles. The molecule has 88 valence electrons. The third-order valence-corrected chi connectivity index (χ3v) is 3.38. The summed E-state index contributed by atoms with van der Waals surface area (Å²) < 4.78 is 6.54. The van der Waals surface area contributed by atoms with Crippen LogP contribution in [0.3, 0.4) is 0 Å². The highest BCUT2D eigenvalue weighted by Crippen LogP contribution is 2.29. The number of ether oxygens (including phenoxy) is 1. The summed E-state index contributed by atoms with van der Waals surface area (Å²) in [5.74, 6) is 0. The summed E-state index contributed by atoms with van der Waals surface area (Å²) in [6.07, 6.45) is 2.20. The van der Waals surface area contributed by atoms with Crippen molar-refractivity contribution in [1.82, 2.24) is 0 Å². The molecule has 1 unspecified atom stereocenters. The number of nitrogens with one attached hydrogen (secondary N) is 1. The first kappa shape index (κ1) is 11.7. The molecule has 1 aliphatic rings. The Balaban J connectivity index is 2.15. The zero-order valence-electron chi connectivity index (χ0n) is 9.42. The van der Waals surface area contributed by atoms with E-state index in [9.17, 15) is 0 Å². The Bertz CT molecular complexity index is 375. The summed E-state index contributed by atoms with van der Waals surface area (Å²) in [5, 5.41) is 3.49. The Kier molecular flexibility index (Phi) is 3.40. The Morgan fingerprint density at radius 2 is 2.31 bits per heavy atom. The first-order valence-corrected chi connectivity index (χ1v) is 6.29. The highest BCUT2D eigenvalue weighted by molar-refractivity contribution is 9.10. The standard InChI is InChI=1S/C12H17BrN2O/c1-12(5-2-6-16-8-12)15-11-7-9(13)3-4-10(11)14/h3-4,7,15H,2,5-6,8,14H2,1H3. The molecule has 3 nitrogen and oxygen atoms in total. The van der Waals surface area contributed by atoms with Gasteiger partial charge < -0.3 is 15.8 Å². The monoisotopic (exact) mass is 284 g/mol. The molecule has 16 heavy (non-hydrogen) atoms. The van der Waals surface area contributed by atoms with E-state index in [0.29, 0.717) is 0 Å². The lowest BCUT2D eigenvalue weighted by Gasteiger charge is -2.35. The van der Waals surface area contributed by atoms with Gasteiger partial charge in [0.2, 0.25) is 0 Å². The van der Waals surface area contributed by atoms with Crippen molar-refractivity contribution in [1.29, 1.82) is 0 Å². The summed E-state index contributed by atoms with van der Waals surface area (Å²) in [6, 6.07) is 5.86. The molecule has 0 aliphatic carbocycles. The van der Waals surface area contributed by atoms with Crippen molar-refractivity contribution < 1.29 is 4.74 Å². The van der Waals surface area contributed by atoms with Crippen LogP contribution in [0.2, 0.25) is 0 Å². The highest BCUT2D eigenvalue weighted by Gasteiger charge is 2.27. The van der Waals surface area contributed by atoms with E-state index >= 15 is 0 Å². The first-order valence-electron chi connectivity index (χ1n) is 5.50. The Hall–Kier alpha value is -0.740. The van der Waals surface area contributed by atoms with Crippen LogP contribution in [-0.4, -0.2) is 18.8 Å². The van der Waals surface area contributed by atoms with Crippen molar-refractivity contribution in [2.24, 2.45) is 0 Å². The third-order valence-electron chi connectivity index (χ3n) is 2.89. The average Bonchev–Trinajstić information content (AvgIpc) is 2.24. The lowest BCUT2D eigenvalue weighted by atomic mass is 9.94. The van der Waals surface area contributed by atoms with Crippen LogP contribution in [0, 0.1) is 0 Å². The molecule has 0 saturated carbocycles. The third kappa shape index (κ3) is 2.68. The van der Waals surface area contributed by atoms with Crippen molar-refractivity contribution in [3.8, 4) is 0 Å². The minimum absolute atomic E-state index is 0.00678. The molecule has 1 atom stereocenters. The van der Waals surface area contributed by atoms with E-state index in [4.69, 9.17) is 10.5 Å². The molecule has 1 saturated heterocycles. The second-order valence-corrected chi connectivity index (χ2v) is 5.49. The topological polar surface area (TPSA) is 47.3 Å². The molecule has 0 radical (unpaired) electrons. The summed E-state index contributed by atoms with van der Waals surface area (Å²) in [7, 11) is 0. The van der Waals surface area contributed by atoms with Crippen molar-refractivity contribution in [3.63, 3.8) is 0 Å². The van der Waals surface area contributed by atoms with Crippen LogP contribution in [0.25, 0.3) is 0 Å². The number of halogens is 1. The summed E-state index contributed by atoms with van der Waals surface area (Å²) in [5.41, 5.74) is 7.68. The quantitative estimate of drug-likeness (QED) is 0.821. The normalized spacial score (nSPS) is 25.4. The molecule has 0 spiro atoms. The van der Waals surface area contributed by atoms with Gasteiger partial charge in [-0.2, -0.15) is 0 Å². The van der Waals surface area contributed by atoms with Gasteiger partial charge in [-0.1, -0.05) is 15.9 Å². The van der Waals surface area contributed by atoms with Crippen molar-refractivity contribution in [2.75, 3.05) is 24.3 Å². The largest absolute Gasteiger partial charge is 0.397 e. The second kappa shape index (κ2) is 4.63. The smallest absolute Gasteiger partial charge is 0.0693 e. The number of hydrogen-bond donors (Lipinski definition) is 2. The fourth-order valence-corrected chi connectivity index (χ4v) is 2.36. The number of nitrogens with two attached hydrogens (primary N) is 1. The van der Waals surface area contributed by atoms with Gasteiger partial charge in [0.25, 0.3) is 0 Å². The van der Waals surface area contributed by atoms with E-state index in [1.165, 1.54) is 0 Å². The maximum absolute atomic E-state index is 5.94. The highest BCUT2D eigenvalue weighted by atomic mass is 79.9. The van der Waals surface area contributed by atoms with Crippen LogP contribution in [0.1, 0.15) is 19.8 Å². The summed E-state index contributed by atoms with van der Waals surface area (Å²) in [4.78, 5) is 0. The molecule has 3 N–H and O–H groups in total. The van der Waals surface area contributed by atoms with Crippen LogP contribution < -0.4 is 11.1 Å². The maximum atomic E-state index is 5.94.